The highest BCUT2D eigenvalue weighted by Gasteiger charge is 2.36. The lowest BCUT2D eigenvalue weighted by Gasteiger charge is -2.35. The van der Waals surface area contributed by atoms with Gasteiger partial charge >= 0.3 is 6.18 Å². The third-order valence-electron chi connectivity index (χ3n) is 4.18. The van der Waals surface area contributed by atoms with Gasteiger partial charge in [0.2, 0.25) is 0 Å². The van der Waals surface area contributed by atoms with Gasteiger partial charge in [0.1, 0.15) is 0 Å². The number of nitrogens with one attached hydrogen (secondary N) is 1. The first-order valence-electron chi connectivity index (χ1n) is 7.55. The van der Waals surface area contributed by atoms with Gasteiger partial charge in [-0.15, -0.1) is 0 Å². The molecule has 2 nitrogen and oxygen atoms in total. The molecule has 1 fully saturated rings. The molecule has 1 N–H and O–H groups in total. The average Bonchev–Trinajstić information content (AvgIpc) is 2.47. The van der Waals surface area contributed by atoms with Gasteiger partial charge in [-0.05, 0) is 43.5 Å². The molecule has 1 unspecified atom stereocenters. The van der Waals surface area contributed by atoms with Crippen LogP contribution in [-0.4, -0.2) is 20.1 Å². The number of nitrogens with zero attached hydrogens (tertiary/aromatic N) is 1. The lowest BCUT2D eigenvalue weighted by atomic mass is 9.94. The first kappa shape index (κ1) is 16.1. The van der Waals surface area contributed by atoms with Crippen LogP contribution in [0.4, 0.5) is 18.9 Å². The van der Waals surface area contributed by atoms with E-state index in [9.17, 15) is 13.2 Å². The molecule has 118 valence electrons. The van der Waals surface area contributed by atoms with Gasteiger partial charge in [-0.25, -0.2) is 0 Å². The molecule has 0 saturated carbocycles. The van der Waals surface area contributed by atoms with Crippen LogP contribution in [0, 0.1) is 5.92 Å². The fourth-order valence-electron chi connectivity index (χ4n) is 3.02. The van der Waals surface area contributed by atoms with Gasteiger partial charge in [0, 0.05) is 25.3 Å². The van der Waals surface area contributed by atoms with E-state index in [1.807, 2.05) is 4.90 Å². The molecule has 21 heavy (non-hydrogen) atoms. The second-order valence-electron chi connectivity index (χ2n) is 5.74. The van der Waals surface area contributed by atoms with Gasteiger partial charge in [-0.1, -0.05) is 19.4 Å². The van der Waals surface area contributed by atoms with Gasteiger partial charge in [-0.3, -0.25) is 0 Å². The van der Waals surface area contributed by atoms with Gasteiger partial charge < -0.3 is 10.2 Å². The third-order valence-corrected chi connectivity index (χ3v) is 4.18. The largest absolute Gasteiger partial charge is 0.418 e. The number of hydrogen-bond donors (Lipinski definition) is 1. The predicted molar refractivity (Wildman–Crippen MR) is 79.4 cm³/mol. The van der Waals surface area contributed by atoms with Crippen molar-refractivity contribution in [3.63, 3.8) is 0 Å². The topological polar surface area (TPSA) is 15.3 Å². The van der Waals surface area contributed by atoms with Crippen molar-refractivity contribution in [2.75, 3.05) is 25.0 Å². The zero-order chi connectivity index (χ0) is 15.5. The highest BCUT2D eigenvalue weighted by molar-refractivity contribution is 5.56. The van der Waals surface area contributed by atoms with Crippen molar-refractivity contribution in [2.45, 2.75) is 38.9 Å². The third kappa shape index (κ3) is 3.90. The van der Waals surface area contributed by atoms with Crippen LogP contribution in [0.2, 0.25) is 0 Å². The average molecular weight is 300 g/mol. The van der Waals surface area contributed by atoms with E-state index in [2.05, 4.69) is 12.2 Å². The van der Waals surface area contributed by atoms with Crippen LogP contribution in [0.25, 0.3) is 0 Å². The SMILES string of the molecule is CCC1CCCN(c2ccc(CNC)cc2C(F)(F)F)C1. The van der Waals surface area contributed by atoms with Crippen molar-refractivity contribution in [1.82, 2.24) is 5.32 Å². The van der Waals surface area contributed by atoms with Gasteiger partial charge in [0.15, 0.2) is 0 Å². The normalized spacial score (nSPS) is 19.9. The maximum atomic E-state index is 13.4. The molecule has 1 aliphatic heterocycles. The van der Waals surface area contributed by atoms with E-state index < -0.39 is 11.7 Å². The molecular formula is C16H23F3N2. The lowest BCUT2D eigenvalue weighted by molar-refractivity contribution is -0.137. The van der Waals surface area contributed by atoms with Crippen molar-refractivity contribution >= 4 is 5.69 Å². The number of hydrogen-bond acceptors (Lipinski definition) is 2. The fraction of sp³-hybridized carbons (Fsp3) is 0.625. The van der Waals surface area contributed by atoms with E-state index in [-0.39, 0.29) is 0 Å². The molecule has 0 radical (unpaired) electrons. The Balaban J connectivity index is 2.33. The van der Waals surface area contributed by atoms with Crippen LogP contribution in [0.1, 0.15) is 37.3 Å². The number of halogens is 3. The summed E-state index contributed by atoms with van der Waals surface area (Å²) in [5, 5.41) is 2.90. The smallest absolute Gasteiger partial charge is 0.371 e. The van der Waals surface area contributed by atoms with E-state index in [0.717, 1.165) is 25.8 Å². The Labute approximate surface area is 124 Å². The fourth-order valence-corrected chi connectivity index (χ4v) is 3.02. The van der Waals surface area contributed by atoms with Crippen LogP contribution >= 0.6 is 0 Å². The highest BCUT2D eigenvalue weighted by atomic mass is 19.4. The second-order valence-corrected chi connectivity index (χ2v) is 5.74. The Kier molecular flexibility index (Phi) is 5.14. The quantitative estimate of drug-likeness (QED) is 0.902. The van der Waals surface area contributed by atoms with E-state index in [0.29, 0.717) is 30.3 Å². The summed E-state index contributed by atoms with van der Waals surface area (Å²) < 4.78 is 40.1. The highest BCUT2D eigenvalue weighted by Crippen LogP contribution is 2.38. The Morgan fingerprint density at radius 3 is 2.71 bits per heavy atom. The summed E-state index contributed by atoms with van der Waals surface area (Å²) in [7, 11) is 1.73. The van der Waals surface area contributed by atoms with Gasteiger partial charge in [-0.2, -0.15) is 13.2 Å². The summed E-state index contributed by atoms with van der Waals surface area (Å²) in [6, 6.07) is 4.70. The van der Waals surface area contributed by atoms with Crippen LogP contribution < -0.4 is 10.2 Å². The molecule has 1 aromatic rings. The van der Waals surface area contributed by atoms with Crippen molar-refractivity contribution in [3.05, 3.63) is 29.3 Å². The summed E-state index contributed by atoms with van der Waals surface area (Å²) in [5.74, 6) is 0.497. The maximum Gasteiger partial charge on any atom is 0.418 e. The van der Waals surface area contributed by atoms with Crippen LogP contribution in [0.3, 0.4) is 0 Å². The maximum absolute atomic E-state index is 13.4. The minimum absolute atomic E-state index is 0.334. The molecular weight excluding hydrogens is 277 g/mol. The van der Waals surface area contributed by atoms with Gasteiger partial charge in [0.25, 0.3) is 0 Å². The molecule has 2 rings (SSSR count). The zero-order valence-electron chi connectivity index (χ0n) is 12.6. The first-order valence-corrected chi connectivity index (χ1v) is 7.55. The number of alkyl halides is 3. The summed E-state index contributed by atoms with van der Waals surface area (Å²) in [6.45, 7) is 3.99. The monoisotopic (exact) mass is 300 g/mol. The Morgan fingerprint density at radius 1 is 1.33 bits per heavy atom. The summed E-state index contributed by atoms with van der Waals surface area (Å²) in [5.41, 5.74) is 0.491. The second kappa shape index (κ2) is 6.69. The molecule has 1 saturated heterocycles. The summed E-state index contributed by atoms with van der Waals surface area (Å²) >= 11 is 0. The summed E-state index contributed by atoms with van der Waals surface area (Å²) in [4.78, 5) is 1.91. The van der Waals surface area contributed by atoms with Crippen molar-refractivity contribution in [2.24, 2.45) is 5.92 Å². The minimum Gasteiger partial charge on any atom is -0.371 e. The van der Waals surface area contributed by atoms with E-state index in [1.54, 1.807) is 19.2 Å². The molecule has 1 atom stereocenters. The number of anilines is 1. The van der Waals surface area contributed by atoms with E-state index >= 15 is 0 Å². The molecule has 0 bridgehead atoms. The Hall–Kier alpha value is -1.23. The predicted octanol–water partition coefficient (Wildman–Crippen LogP) is 4.05. The van der Waals surface area contributed by atoms with Crippen LogP contribution in [-0.2, 0) is 12.7 Å². The van der Waals surface area contributed by atoms with Crippen molar-refractivity contribution in [1.29, 1.82) is 0 Å². The Bertz CT molecular complexity index is 471. The zero-order valence-corrected chi connectivity index (χ0v) is 12.6. The van der Waals surface area contributed by atoms with Crippen LogP contribution in [0.5, 0.6) is 0 Å². The van der Waals surface area contributed by atoms with Crippen LogP contribution in [0.15, 0.2) is 18.2 Å². The van der Waals surface area contributed by atoms with Crippen molar-refractivity contribution in [3.8, 4) is 0 Å². The molecule has 0 amide bonds. The minimum atomic E-state index is -4.31. The molecule has 0 spiro atoms. The van der Waals surface area contributed by atoms with E-state index in [4.69, 9.17) is 0 Å². The van der Waals surface area contributed by atoms with Gasteiger partial charge in [0.05, 0.1) is 5.56 Å². The summed E-state index contributed by atoms with van der Waals surface area (Å²) in [6.07, 6.45) is -1.20. The number of piperidine rings is 1. The molecule has 1 aromatic carbocycles. The molecule has 0 aromatic heterocycles. The Morgan fingerprint density at radius 2 is 2.10 bits per heavy atom. The molecule has 5 heteroatoms. The standard InChI is InChI=1S/C16H23F3N2/c1-3-12-5-4-8-21(11-12)15-7-6-13(10-20-2)9-14(15)16(17,18)19/h6-7,9,12,20H,3-5,8,10-11H2,1-2H3. The molecule has 1 aliphatic rings. The number of rotatable bonds is 4. The van der Waals surface area contributed by atoms with E-state index in [1.165, 1.54) is 6.07 Å². The molecule has 1 heterocycles. The lowest BCUT2D eigenvalue weighted by Crippen LogP contribution is -2.36. The van der Waals surface area contributed by atoms with Crippen molar-refractivity contribution < 1.29 is 13.2 Å². The first-order chi connectivity index (χ1) is 9.95. The number of benzene rings is 1. The molecule has 0 aliphatic carbocycles.